The molecule has 1 amide bonds. The van der Waals surface area contributed by atoms with Gasteiger partial charge in [0.1, 0.15) is 6.23 Å². The summed E-state index contributed by atoms with van der Waals surface area (Å²) in [7, 11) is 3.75. The van der Waals surface area contributed by atoms with Crippen LogP contribution in [0.4, 0.5) is 0 Å². The van der Waals surface area contributed by atoms with Gasteiger partial charge in [0.25, 0.3) is 5.91 Å². The molecule has 0 aromatic heterocycles. The number of carbonyl (C=O) groups is 1. The average Bonchev–Trinajstić information content (AvgIpc) is 2.54. The number of aliphatic hydroxyl groups excluding tert-OH is 1. The summed E-state index contributed by atoms with van der Waals surface area (Å²) in [6.07, 6.45) is 5.40. The molecule has 1 atom stereocenters. The van der Waals surface area contributed by atoms with Gasteiger partial charge in [0.2, 0.25) is 0 Å². The Bertz CT molecular complexity index is 411. The molecule has 0 saturated carbocycles. The maximum Gasteiger partial charge on any atom is 0.251 e. The molecule has 0 aliphatic carbocycles. The molecule has 0 spiro atoms. The van der Waals surface area contributed by atoms with Gasteiger partial charge in [-0.1, -0.05) is 31.2 Å². The van der Waals surface area contributed by atoms with Crippen LogP contribution < -0.4 is 5.32 Å². The lowest BCUT2D eigenvalue weighted by Gasteiger charge is -2.17. The van der Waals surface area contributed by atoms with Gasteiger partial charge < -0.3 is 10.4 Å². The molecular weight excluding hydrogens is 276 g/mol. The lowest BCUT2D eigenvalue weighted by molar-refractivity contribution is 0.0320. The first kappa shape index (κ1) is 20.3. The molecule has 0 aliphatic heterocycles. The normalized spacial score (nSPS) is 11.3. The monoisotopic (exact) mass is 308 g/mol. The lowest BCUT2D eigenvalue weighted by atomic mass is 10.2. The van der Waals surface area contributed by atoms with E-state index in [1.54, 1.807) is 0 Å². The third-order valence-electron chi connectivity index (χ3n) is 3.04. The number of nitrogens with zero attached hydrogens (tertiary/aromatic N) is 1. The fourth-order valence-electron chi connectivity index (χ4n) is 1.63. The van der Waals surface area contributed by atoms with E-state index in [2.05, 4.69) is 11.9 Å². The van der Waals surface area contributed by atoms with Gasteiger partial charge in [-0.3, -0.25) is 9.69 Å². The number of nitrogens with one attached hydrogen (secondary N) is 1. The fourth-order valence-corrected chi connectivity index (χ4v) is 1.63. The Morgan fingerprint density at radius 1 is 1.41 bits per heavy atom. The van der Waals surface area contributed by atoms with Crippen molar-refractivity contribution in [1.82, 2.24) is 10.2 Å². The fraction of sp³-hybridized carbons (Fsp3) is 0.500. The molecule has 4 heteroatoms. The Kier molecular flexibility index (Phi) is 12.1. The van der Waals surface area contributed by atoms with E-state index in [9.17, 15) is 9.90 Å². The summed E-state index contributed by atoms with van der Waals surface area (Å²) in [5.74, 6) is 0.0115. The van der Waals surface area contributed by atoms with E-state index < -0.39 is 0 Å². The standard InChI is InChI=1S/C10H13NO.C8H17NO.H2/c1-2-8-11-10(12)9-6-4-3-5-7-9;1-4-5-6-7-8(10)9(2)3;/h3-7H,2,8H2,1H3,(H,11,12);4,8,10H,1,5-7H2,2-3H3;1H. The minimum absolute atomic E-state index is 0. The van der Waals surface area contributed by atoms with Gasteiger partial charge in [-0.15, -0.1) is 6.58 Å². The predicted octanol–water partition coefficient (Wildman–Crippen LogP) is 3.30. The summed E-state index contributed by atoms with van der Waals surface area (Å²) in [4.78, 5) is 13.1. The second-order valence-corrected chi connectivity index (χ2v) is 5.29. The number of hydrogen-bond acceptors (Lipinski definition) is 3. The number of allylic oxidation sites excluding steroid dienone is 1. The van der Waals surface area contributed by atoms with Gasteiger partial charge >= 0.3 is 0 Å². The van der Waals surface area contributed by atoms with E-state index >= 15 is 0 Å². The van der Waals surface area contributed by atoms with Crippen molar-refractivity contribution >= 4 is 5.91 Å². The Balaban J connectivity index is 0. The molecule has 126 valence electrons. The summed E-state index contributed by atoms with van der Waals surface area (Å²) >= 11 is 0. The van der Waals surface area contributed by atoms with Crippen molar-refractivity contribution in [2.45, 2.75) is 38.8 Å². The molecule has 0 heterocycles. The van der Waals surface area contributed by atoms with Gasteiger partial charge in [0, 0.05) is 13.5 Å². The summed E-state index contributed by atoms with van der Waals surface area (Å²) < 4.78 is 0. The third-order valence-corrected chi connectivity index (χ3v) is 3.04. The van der Waals surface area contributed by atoms with E-state index in [4.69, 9.17) is 0 Å². The quantitative estimate of drug-likeness (QED) is 0.440. The molecule has 0 aliphatic rings. The number of rotatable bonds is 8. The molecule has 0 saturated heterocycles. The second-order valence-electron chi connectivity index (χ2n) is 5.29. The number of unbranched alkanes of at least 4 members (excludes halogenated alkanes) is 1. The first-order valence-electron chi connectivity index (χ1n) is 7.81. The summed E-state index contributed by atoms with van der Waals surface area (Å²) in [6, 6.07) is 9.24. The van der Waals surface area contributed by atoms with Crippen molar-refractivity contribution in [1.29, 1.82) is 0 Å². The van der Waals surface area contributed by atoms with Crippen molar-refractivity contribution < 1.29 is 11.3 Å². The topological polar surface area (TPSA) is 52.6 Å². The Morgan fingerprint density at radius 2 is 2.05 bits per heavy atom. The van der Waals surface area contributed by atoms with Gasteiger partial charge in [-0.2, -0.15) is 0 Å². The number of aliphatic hydroxyl groups is 1. The highest BCUT2D eigenvalue weighted by molar-refractivity contribution is 5.94. The second kappa shape index (κ2) is 13.0. The van der Waals surface area contributed by atoms with Crippen molar-refractivity contribution in [2.24, 2.45) is 0 Å². The van der Waals surface area contributed by atoms with E-state index in [1.807, 2.05) is 62.3 Å². The van der Waals surface area contributed by atoms with Crippen LogP contribution in [0.5, 0.6) is 0 Å². The van der Waals surface area contributed by atoms with E-state index in [1.165, 1.54) is 0 Å². The molecule has 4 nitrogen and oxygen atoms in total. The van der Waals surface area contributed by atoms with Gasteiger partial charge in [-0.05, 0) is 51.9 Å². The van der Waals surface area contributed by atoms with Gasteiger partial charge in [0.05, 0.1) is 0 Å². The van der Waals surface area contributed by atoms with Crippen LogP contribution in [0.2, 0.25) is 0 Å². The van der Waals surface area contributed by atoms with Crippen LogP contribution >= 0.6 is 0 Å². The molecule has 1 unspecified atom stereocenters. The van der Waals surface area contributed by atoms with Crippen LogP contribution in [0.25, 0.3) is 0 Å². The number of carbonyl (C=O) groups excluding carboxylic acids is 1. The zero-order valence-electron chi connectivity index (χ0n) is 14.1. The van der Waals surface area contributed by atoms with Crippen LogP contribution in [0.3, 0.4) is 0 Å². The minimum Gasteiger partial charge on any atom is -0.378 e. The Hall–Kier alpha value is -1.65. The molecule has 22 heavy (non-hydrogen) atoms. The van der Waals surface area contributed by atoms with Crippen molar-refractivity contribution in [3.8, 4) is 0 Å². The highest BCUT2D eigenvalue weighted by Crippen LogP contribution is 2.02. The third kappa shape index (κ3) is 10.1. The Labute approximate surface area is 136 Å². The maximum absolute atomic E-state index is 11.3. The molecule has 0 bridgehead atoms. The summed E-state index contributed by atoms with van der Waals surface area (Å²) in [5, 5.41) is 12.1. The van der Waals surface area contributed by atoms with Gasteiger partial charge in [-0.25, -0.2) is 0 Å². The zero-order valence-corrected chi connectivity index (χ0v) is 14.1. The molecule has 1 rings (SSSR count). The SMILES string of the molecule is C=CCCCC(O)N(C)C.CCCNC(=O)c1ccccc1.[HH]. The summed E-state index contributed by atoms with van der Waals surface area (Å²) in [5.41, 5.74) is 0.728. The van der Waals surface area contributed by atoms with Crippen LogP contribution in [0.15, 0.2) is 43.0 Å². The first-order valence-corrected chi connectivity index (χ1v) is 7.81. The van der Waals surface area contributed by atoms with Crippen molar-refractivity contribution in [3.05, 3.63) is 48.6 Å². The van der Waals surface area contributed by atoms with Gasteiger partial charge in [0.15, 0.2) is 0 Å². The molecule has 1 aromatic carbocycles. The van der Waals surface area contributed by atoms with Crippen LogP contribution in [-0.2, 0) is 0 Å². The first-order chi connectivity index (χ1) is 10.5. The van der Waals surface area contributed by atoms with Crippen LogP contribution in [0.1, 0.15) is 44.4 Å². The van der Waals surface area contributed by atoms with Crippen LogP contribution in [-0.4, -0.2) is 42.8 Å². The lowest BCUT2D eigenvalue weighted by Crippen LogP contribution is -2.26. The number of hydrogen-bond donors (Lipinski definition) is 2. The van der Waals surface area contributed by atoms with E-state index in [0.29, 0.717) is 0 Å². The van der Waals surface area contributed by atoms with E-state index in [0.717, 1.165) is 37.8 Å². The smallest absolute Gasteiger partial charge is 0.251 e. The van der Waals surface area contributed by atoms with Crippen molar-refractivity contribution in [3.63, 3.8) is 0 Å². The number of benzene rings is 1. The molecule has 2 N–H and O–H groups in total. The van der Waals surface area contributed by atoms with Crippen LogP contribution in [0, 0.1) is 0 Å². The Morgan fingerprint density at radius 3 is 2.55 bits per heavy atom. The highest BCUT2D eigenvalue weighted by atomic mass is 16.3. The number of amides is 1. The zero-order chi connectivity index (χ0) is 16.8. The minimum atomic E-state index is -0.292. The predicted molar refractivity (Wildman–Crippen MR) is 94.9 cm³/mol. The molecule has 0 fully saturated rings. The maximum atomic E-state index is 11.3. The molecule has 0 radical (unpaired) electrons. The van der Waals surface area contributed by atoms with Crippen molar-refractivity contribution in [2.75, 3.05) is 20.6 Å². The highest BCUT2D eigenvalue weighted by Gasteiger charge is 2.03. The summed E-state index contributed by atoms with van der Waals surface area (Å²) in [6.45, 7) is 6.38. The molecular formula is C18H32N2O2. The average molecular weight is 308 g/mol. The van der Waals surface area contributed by atoms with E-state index in [-0.39, 0.29) is 13.6 Å². The largest absolute Gasteiger partial charge is 0.378 e. The molecule has 1 aromatic rings.